The van der Waals surface area contributed by atoms with E-state index >= 15 is 0 Å². The number of furan rings is 1. The molecule has 0 spiro atoms. The van der Waals surface area contributed by atoms with E-state index in [1.165, 1.54) is 19.2 Å². The van der Waals surface area contributed by atoms with Crippen molar-refractivity contribution in [3.8, 4) is 0 Å². The van der Waals surface area contributed by atoms with Crippen LogP contribution in [0.1, 0.15) is 37.2 Å². The maximum absolute atomic E-state index is 12.2. The van der Waals surface area contributed by atoms with E-state index in [1.807, 2.05) is 13.8 Å². The summed E-state index contributed by atoms with van der Waals surface area (Å²) in [5, 5.41) is -0.336. The minimum atomic E-state index is -3.88. The molecule has 0 aliphatic heterocycles. The molecule has 0 aromatic carbocycles. The smallest absolute Gasteiger partial charge is 0.374 e. The van der Waals surface area contributed by atoms with Gasteiger partial charge in [-0.3, -0.25) is 0 Å². The van der Waals surface area contributed by atoms with Crippen LogP contribution in [-0.4, -0.2) is 33.6 Å². The highest BCUT2D eigenvalue weighted by Crippen LogP contribution is 2.20. The zero-order valence-corrected chi connectivity index (χ0v) is 13.8. The Balaban J connectivity index is 0.00000400. The molecular formula is C12H21ClN2O5S. The first-order chi connectivity index (χ1) is 9.34. The number of rotatable bonds is 7. The number of methoxy groups -OCH3 is 1. The molecule has 0 unspecified atom stereocenters. The van der Waals surface area contributed by atoms with Gasteiger partial charge < -0.3 is 14.9 Å². The van der Waals surface area contributed by atoms with Crippen molar-refractivity contribution in [2.45, 2.75) is 37.3 Å². The predicted octanol–water partition coefficient (Wildman–Crippen LogP) is 1.28. The lowest BCUT2D eigenvalue weighted by Gasteiger charge is -2.30. The standard InChI is InChI=1S/C12H20N2O5S.ClH/c1-4-12(5-2,8-13)14-20(16,17)10-7-6-9(19-10)11(15)18-3;/h6-7,14H,4-5,8,13H2,1-3H3;1H. The number of hydrogen-bond acceptors (Lipinski definition) is 6. The molecule has 1 aromatic heterocycles. The fraction of sp³-hybridized carbons (Fsp3) is 0.583. The number of carbonyl (C=O) groups excluding carboxylic acids is 1. The quantitative estimate of drug-likeness (QED) is 0.723. The number of halogens is 1. The molecule has 0 fully saturated rings. The second-order valence-electron chi connectivity index (χ2n) is 4.41. The Kier molecular flexibility index (Phi) is 7.38. The molecule has 1 heterocycles. The van der Waals surface area contributed by atoms with E-state index in [4.69, 9.17) is 10.2 Å². The van der Waals surface area contributed by atoms with Crippen LogP contribution in [0.15, 0.2) is 21.6 Å². The zero-order valence-electron chi connectivity index (χ0n) is 12.2. The van der Waals surface area contributed by atoms with Gasteiger partial charge in [0.25, 0.3) is 10.0 Å². The molecule has 7 nitrogen and oxygen atoms in total. The third-order valence-electron chi connectivity index (χ3n) is 3.33. The summed E-state index contributed by atoms with van der Waals surface area (Å²) in [6.07, 6.45) is 1.09. The van der Waals surface area contributed by atoms with Crippen LogP contribution in [0.5, 0.6) is 0 Å². The molecule has 0 radical (unpaired) electrons. The van der Waals surface area contributed by atoms with E-state index in [9.17, 15) is 13.2 Å². The van der Waals surface area contributed by atoms with Crippen molar-refractivity contribution in [3.63, 3.8) is 0 Å². The molecule has 122 valence electrons. The molecule has 0 aliphatic carbocycles. The van der Waals surface area contributed by atoms with Gasteiger partial charge in [0, 0.05) is 12.1 Å². The summed E-state index contributed by atoms with van der Waals surface area (Å²) in [5.41, 5.74) is 4.93. The Morgan fingerprint density at radius 2 is 1.95 bits per heavy atom. The third-order valence-corrected chi connectivity index (χ3v) is 4.78. The van der Waals surface area contributed by atoms with Gasteiger partial charge in [-0.15, -0.1) is 12.4 Å². The number of nitrogens with two attached hydrogens (primary N) is 1. The largest absolute Gasteiger partial charge is 0.463 e. The van der Waals surface area contributed by atoms with E-state index in [-0.39, 0.29) is 29.8 Å². The number of nitrogens with one attached hydrogen (secondary N) is 1. The molecule has 9 heteroatoms. The first kappa shape index (κ1) is 19.9. The Labute approximate surface area is 130 Å². The number of esters is 1. The molecule has 21 heavy (non-hydrogen) atoms. The second kappa shape index (κ2) is 7.79. The van der Waals surface area contributed by atoms with Crippen LogP contribution in [0.4, 0.5) is 0 Å². The van der Waals surface area contributed by atoms with E-state index in [2.05, 4.69) is 9.46 Å². The van der Waals surface area contributed by atoms with Crippen molar-refractivity contribution in [1.29, 1.82) is 0 Å². The van der Waals surface area contributed by atoms with Crippen molar-refractivity contribution in [2.24, 2.45) is 5.73 Å². The summed E-state index contributed by atoms with van der Waals surface area (Å²) in [5.74, 6) is -0.901. The molecule has 0 saturated heterocycles. The lowest BCUT2D eigenvalue weighted by Crippen LogP contribution is -2.52. The summed E-state index contributed by atoms with van der Waals surface area (Å²) in [6.45, 7) is 3.87. The average Bonchev–Trinajstić information content (AvgIpc) is 2.94. The van der Waals surface area contributed by atoms with Crippen molar-refractivity contribution in [1.82, 2.24) is 4.72 Å². The van der Waals surface area contributed by atoms with Crippen LogP contribution < -0.4 is 10.5 Å². The molecule has 0 atom stereocenters. The Hall–Kier alpha value is -1.09. The van der Waals surface area contributed by atoms with Gasteiger partial charge >= 0.3 is 5.97 Å². The number of carbonyl (C=O) groups is 1. The van der Waals surface area contributed by atoms with Gasteiger partial charge in [0.1, 0.15) is 0 Å². The normalized spacial score (nSPS) is 11.8. The van der Waals surface area contributed by atoms with Crippen LogP contribution in [-0.2, 0) is 14.8 Å². The number of sulfonamides is 1. The average molecular weight is 341 g/mol. The molecular weight excluding hydrogens is 320 g/mol. The highest BCUT2D eigenvalue weighted by molar-refractivity contribution is 7.89. The van der Waals surface area contributed by atoms with E-state index in [1.54, 1.807) is 0 Å². The fourth-order valence-electron chi connectivity index (χ4n) is 1.73. The lowest BCUT2D eigenvalue weighted by molar-refractivity contribution is 0.0559. The SMILES string of the molecule is CCC(CC)(CN)NS(=O)(=O)c1ccc(C(=O)OC)o1.Cl. The fourth-order valence-corrected chi connectivity index (χ4v) is 3.22. The summed E-state index contributed by atoms with van der Waals surface area (Å²) < 4.78 is 36.5. The van der Waals surface area contributed by atoms with Crippen molar-refractivity contribution >= 4 is 28.4 Å². The number of hydrogen-bond donors (Lipinski definition) is 2. The minimum absolute atomic E-state index is 0. The topological polar surface area (TPSA) is 112 Å². The van der Waals surface area contributed by atoms with Crippen LogP contribution in [0.25, 0.3) is 0 Å². The minimum Gasteiger partial charge on any atom is -0.463 e. The maximum Gasteiger partial charge on any atom is 0.374 e. The van der Waals surface area contributed by atoms with Gasteiger partial charge in [0.05, 0.1) is 7.11 Å². The third kappa shape index (κ3) is 4.44. The van der Waals surface area contributed by atoms with Crippen LogP contribution in [0.2, 0.25) is 0 Å². The molecule has 0 bridgehead atoms. The first-order valence-corrected chi connectivity index (χ1v) is 7.74. The van der Waals surface area contributed by atoms with Crippen LogP contribution in [0, 0.1) is 0 Å². The summed E-state index contributed by atoms with van der Waals surface area (Å²) in [6, 6.07) is 2.46. The van der Waals surface area contributed by atoms with Crippen LogP contribution in [0.3, 0.4) is 0 Å². The van der Waals surface area contributed by atoms with Gasteiger partial charge in [0.15, 0.2) is 0 Å². The summed E-state index contributed by atoms with van der Waals surface area (Å²) in [7, 11) is -2.69. The molecule has 0 amide bonds. The Bertz CT molecular complexity index is 558. The van der Waals surface area contributed by atoms with Crippen molar-refractivity contribution in [3.05, 3.63) is 17.9 Å². The van der Waals surface area contributed by atoms with Gasteiger partial charge in [0.2, 0.25) is 10.9 Å². The molecule has 0 saturated carbocycles. The molecule has 1 rings (SSSR count). The van der Waals surface area contributed by atoms with E-state index < -0.39 is 21.5 Å². The Morgan fingerprint density at radius 3 is 2.38 bits per heavy atom. The zero-order chi connectivity index (χ0) is 15.4. The second-order valence-corrected chi connectivity index (χ2v) is 6.02. The summed E-state index contributed by atoms with van der Waals surface area (Å²) >= 11 is 0. The van der Waals surface area contributed by atoms with E-state index in [0.29, 0.717) is 12.8 Å². The van der Waals surface area contributed by atoms with Crippen molar-refractivity contribution in [2.75, 3.05) is 13.7 Å². The summed E-state index contributed by atoms with van der Waals surface area (Å²) in [4.78, 5) is 11.3. The van der Waals surface area contributed by atoms with Gasteiger partial charge in [-0.2, -0.15) is 0 Å². The first-order valence-electron chi connectivity index (χ1n) is 6.26. The molecule has 3 N–H and O–H groups in total. The van der Waals surface area contributed by atoms with Crippen molar-refractivity contribution < 1.29 is 22.4 Å². The van der Waals surface area contributed by atoms with Crippen LogP contribution >= 0.6 is 12.4 Å². The highest BCUT2D eigenvalue weighted by Gasteiger charge is 2.32. The maximum atomic E-state index is 12.2. The highest BCUT2D eigenvalue weighted by atomic mass is 35.5. The number of ether oxygens (including phenoxy) is 1. The van der Waals surface area contributed by atoms with Gasteiger partial charge in [-0.05, 0) is 25.0 Å². The predicted molar refractivity (Wildman–Crippen MR) is 80.0 cm³/mol. The lowest BCUT2D eigenvalue weighted by atomic mass is 9.95. The molecule has 1 aromatic rings. The van der Waals surface area contributed by atoms with Gasteiger partial charge in [-0.25, -0.2) is 17.9 Å². The van der Waals surface area contributed by atoms with Gasteiger partial charge in [-0.1, -0.05) is 13.8 Å². The van der Waals surface area contributed by atoms with E-state index in [0.717, 1.165) is 0 Å². The molecule has 0 aliphatic rings. The Morgan fingerprint density at radius 1 is 1.38 bits per heavy atom. The monoisotopic (exact) mass is 340 g/mol.